The van der Waals surface area contributed by atoms with Gasteiger partial charge in [0.05, 0.1) is 10.5 Å². The van der Waals surface area contributed by atoms with Crippen LogP contribution >= 0.6 is 11.6 Å². The summed E-state index contributed by atoms with van der Waals surface area (Å²) in [5.74, 6) is 1.57. The molecule has 0 radical (unpaired) electrons. The first-order valence-electron chi connectivity index (χ1n) is 9.13. The highest BCUT2D eigenvalue weighted by Gasteiger charge is 2.30. The topological polar surface area (TPSA) is 92.4 Å². The normalized spacial score (nSPS) is 15.6. The molecule has 3 heterocycles. The number of benzene rings is 1. The van der Waals surface area contributed by atoms with Gasteiger partial charge >= 0.3 is 0 Å². The fourth-order valence-corrected chi connectivity index (χ4v) is 4.94. The van der Waals surface area contributed by atoms with Crippen molar-refractivity contribution in [2.75, 3.05) is 31.1 Å². The molecule has 0 unspecified atom stereocenters. The summed E-state index contributed by atoms with van der Waals surface area (Å²) in [6.07, 6.45) is 1.69. The van der Waals surface area contributed by atoms with E-state index >= 15 is 0 Å². The molecule has 0 N–H and O–H groups in total. The van der Waals surface area contributed by atoms with E-state index in [0.29, 0.717) is 48.8 Å². The summed E-state index contributed by atoms with van der Waals surface area (Å²) in [7, 11) is -3.60. The van der Waals surface area contributed by atoms with Gasteiger partial charge in [0, 0.05) is 44.3 Å². The van der Waals surface area contributed by atoms with Gasteiger partial charge in [0.1, 0.15) is 5.82 Å². The predicted octanol–water partition coefficient (Wildman–Crippen LogP) is 2.91. The zero-order valence-corrected chi connectivity index (χ0v) is 17.6. The highest BCUT2D eigenvalue weighted by Crippen LogP contribution is 2.29. The summed E-state index contributed by atoms with van der Waals surface area (Å²) in [5.41, 5.74) is 1.57. The largest absolute Gasteiger partial charge is 0.421 e. The lowest BCUT2D eigenvalue weighted by molar-refractivity contribution is 0.384. The van der Waals surface area contributed by atoms with Gasteiger partial charge in [0.25, 0.3) is 5.89 Å². The molecule has 0 spiro atoms. The van der Waals surface area contributed by atoms with E-state index in [-0.39, 0.29) is 4.90 Å². The third-order valence-corrected chi connectivity index (χ3v) is 7.16. The van der Waals surface area contributed by atoms with E-state index in [1.54, 1.807) is 31.3 Å². The van der Waals surface area contributed by atoms with Gasteiger partial charge in [-0.05, 0) is 36.8 Å². The molecule has 0 bridgehead atoms. The number of halogens is 1. The Bertz CT molecular complexity index is 1140. The summed E-state index contributed by atoms with van der Waals surface area (Å²) >= 11 is 6.12. The Labute approximate surface area is 174 Å². The van der Waals surface area contributed by atoms with Crippen molar-refractivity contribution < 1.29 is 12.8 Å². The standard InChI is InChI=1S/C19H20ClN5O3S/c1-13-5-6-15(12-17(13)20)29(26,27)25-10-8-24(9-11-25)18-16(4-3-7-21-18)19-23-22-14(2)28-19/h3-7,12H,8-11H2,1-2H3. The molecule has 0 saturated carbocycles. The smallest absolute Gasteiger partial charge is 0.251 e. The number of aromatic nitrogens is 3. The number of aryl methyl sites for hydroxylation is 2. The van der Waals surface area contributed by atoms with Gasteiger partial charge < -0.3 is 9.32 Å². The Hall–Kier alpha value is -2.49. The van der Waals surface area contributed by atoms with Gasteiger partial charge in [-0.15, -0.1) is 10.2 Å². The molecule has 10 heteroatoms. The van der Waals surface area contributed by atoms with Crippen LogP contribution in [0, 0.1) is 13.8 Å². The number of hydrogen-bond acceptors (Lipinski definition) is 7. The molecule has 0 atom stereocenters. The molecule has 0 aliphatic carbocycles. The Morgan fingerprint density at radius 1 is 1.07 bits per heavy atom. The molecule has 8 nitrogen and oxygen atoms in total. The molecule has 1 saturated heterocycles. The van der Waals surface area contributed by atoms with E-state index in [4.69, 9.17) is 16.0 Å². The van der Waals surface area contributed by atoms with Gasteiger partial charge in [-0.1, -0.05) is 17.7 Å². The number of anilines is 1. The second kappa shape index (κ2) is 7.74. The minimum Gasteiger partial charge on any atom is -0.421 e. The predicted molar refractivity (Wildman–Crippen MR) is 109 cm³/mol. The van der Waals surface area contributed by atoms with Crippen LogP contribution in [0.1, 0.15) is 11.5 Å². The van der Waals surface area contributed by atoms with Crippen molar-refractivity contribution in [3.8, 4) is 11.5 Å². The summed E-state index contributed by atoms with van der Waals surface area (Å²) in [4.78, 5) is 6.71. The van der Waals surface area contributed by atoms with Crippen molar-refractivity contribution in [1.82, 2.24) is 19.5 Å². The van der Waals surface area contributed by atoms with Crippen molar-refractivity contribution >= 4 is 27.4 Å². The molecular formula is C19H20ClN5O3S. The lowest BCUT2D eigenvalue weighted by atomic mass is 10.2. The van der Waals surface area contributed by atoms with E-state index in [1.807, 2.05) is 17.9 Å². The van der Waals surface area contributed by atoms with Gasteiger partial charge in [0.15, 0.2) is 0 Å². The molecule has 3 aromatic rings. The minimum atomic E-state index is -3.60. The molecule has 1 aliphatic heterocycles. The van der Waals surface area contributed by atoms with Crippen LogP contribution in [0.3, 0.4) is 0 Å². The Kier molecular flexibility index (Phi) is 5.28. The molecular weight excluding hydrogens is 414 g/mol. The molecule has 152 valence electrons. The van der Waals surface area contributed by atoms with Crippen molar-refractivity contribution in [3.05, 3.63) is 53.0 Å². The van der Waals surface area contributed by atoms with E-state index in [1.165, 1.54) is 10.4 Å². The van der Waals surface area contributed by atoms with Gasteiger partial charge in [-0.2, -0.15) is 4.31 Å². The van der Waals surface area contributed by atoms with Crippen LogP contribution in [0.2, 0.25) is 5.02 Å². The van der Waals surface area contributed by atoms with Crippen LogP contribution in [0.25, 0.3) is 11.5 Å². The fourth-order valence-electron chi connectivity index (χ4n) is 3.24. The quantitative estimate of drug-likeness (QED) is 0.624. The molecule has 4 rings (SSSR count). The maximum Gasteiger partial charge on any atom is 0.251 e. The number of rotatable bonds is 4. The molecule has 2 aromatic heterocycles. The van der Waals surface area contributed by atoms with Crippen LogP contribution in [0.15, 0.2) is 45.8 Å². The zero-order chi connectivity index (χ0) is 20.6. The maximum absolute atomic E-state index is 13.0. The Balaban J connectivity index is 1.54. The first-order chi connectivity index (χ1) is 13.9. The second-order valence-corrected chi connectivity index (χ2v) is 9.15. The number of hydrogen-bond donors (Lipinski definition) is 0. The van der Waals surface area contributed by atoms with Crippen molar-refractivity contribution in [2.45, 2.75) is 18.7 Å². The van der Waals surface area contributed by atoms with Crippen molar-refractivity contribution in [2.24, 2.45) is 0 Å². The maximum atomic E-state index is 13.0. The number of piperazine rings is 1. The van der Waals surface area contributed by atoms with Gasteiger partial charge in [-0.3, -0.25) is 0 Å². The monoisotopic (exact) mass is 433 g/mol. The molecule has 1 aromatic carbocycles. The van der Waals surface area contributed by atoms with E-state index < -0.39 is 10.0 Å². The SMILES string of the molecule is Cc1nnc(-c2cccnc2N2CCN(S(=O)(=O)c3ccc(C)c(Cl)c3)CC2)o1. The molecule has 29 heavy (non-hydrogen) atoms. The molecule has 1 fully saturated rings. The third-order valence-electron chi connectivity index (χ3n) is 4.86. The molecule has 1 aliphatic rings. The number of pyridine rings is 1. The third kappa shape index (κ3) is 3.85. The lowest BCUT2D eigenvalue weighted by Gasteiger charge is -2.35. The fraction of sp³-hybridized carbons (Fsp3) is 0.316. The first-order valence-corrected chi connectivity index (χ1v) is 10.9. The van der Waals surface area contributed by atoms with Crippen LogP contribution in [-0.4, -0.2) is 54.1 Å². The van der Waals surface area contributed by atoms with Gasteiger partial charge in [0.2, 0.25) is 15.9 Å². The highest BCUT2D eigenvalue weighted by atomic mass is 35.5. The number of nitrogens with zero attached hydrogens (tertiary/aromatic N) is 5. The Morgan fingerprint density at radius 2 is 1.83 bits per heavy atom. The van der Waals surface area contributed by atoms with E-state index in [9.17, 15) is 8.42 Å². The van der Waals surface area contributed by atoms with Crippen LogP contribution in [-0.2, 0) is 10.0 Å². The summed E-state index contributed by atoms with van der Waals surface area (Å²) in [5, 5.41) is 8.40. The van der Waals surface area contributed by atoms with Crippen molar-refractivity contribution in [3.63, 3.8) is 0 Å². The number of sulfonamides is 1. The molecule has 0 amide bonds. The lowest BCUT2D eigenvalue weighted by Crippen LogP contribution is -2.49. The van der Waals surface area contributed by atoms with Crippen LogP contribution in [0.5, 0.6) is 0 Å². The van der Waals surface area contributed by atoms with Crippen LogP contribution in [0.4, 0.5) is 5.82 Å². The minimum absolute atomic E-state index is 0.210. The first kappa shape index (κ1) is 19.8. The Morgan fingerprint density at radius 3 is 2.48 bits per heavy atom. The van der Waals surface area contributed by atoms with E-state index in [2.05, 4.69) is 15.2 Å². The summed E-state index contributed by atoms with van der Waals surface area (Å²) in [6.45, 7) is 5.24. The second-order valence-electron chi connectivity index (χ2n) is 6.80. The zero-order valence-electron chi connectivity index (χ0n) is 16.0. The summed E-state index contributed by atoms with van der Waals surface area (Å²) in [6, 6.07) is 8.50. The average molecular weight is 434 g/mol. The average Bonchev–Trinajstić information content (AvgIpc) is 3.16. The van der Waals surface area contributed by atoms with Crippen molar-refractivity contribution in [1.29, 1.82) is 0 Å². The van der Waals surface area contributed by atoms with Crippen LogP contribution < -0.4 is 4.90 Å². The van der Waals surface area contributed by atoms with Gasteiger partial charge in [-0.25, -0.2) is 13.4 Å². The van der Waals surface area contributed by atoms with E-state index in [0.717, 1.165) is 11.1 Å². The summed E-state index contributed by atoms with van der Waals surface area (Å²) < 4.78 is 33.0. The highest BCUT2D eigenvalue weighted by molar-refractivity contribution is 7.89.